The van der Waals surface area contributed by atoms with Crippen molar-refractivity contribution in [1.29, 1.82) is 0 Å². The second kappa shape index (κ2) is 5.84. The zero-order valence-corrected chi connectivity index (χ0v) is 14.1. The Balaban J connectivity index is 1.83. The molecule has 0 saturated carbocycles. The fourth-order valence-electron chi connectivity index (χ4n) is 3.22. The van der Waals surface area contributed by atoms with E-state index >= 15 is 4.39 Å². The first-order chi connectivity index (χ1) is 11.3. The van der Waals surface area contributed by atoms with Gasteiger partial charge in [0, 0.05) is 18.8 Å². The number of ether oxygens (including phenoxy) is 2. The number of hydrogen-bond acceptors (Lipinski definition) is 5. The highest BCUT2D eigenvalue weighted by molar-refractivity contribution is 5.94. The molecule has 1 aromatic heterocycles. The third-order valence-corrected chi connectivity index (χ3v) is 4.74. The minimum Gasteiger partial charge on any atom is -0.464 e. The number of carbonyl (C=O) groups excluding carboxylic acids is 2. The Kier molecular flexibility index (Phi) is 4.11. The highest BCUT2D eigenvalue weighted by Gasteiger charge is 2.68. The first-order valence-electron chi connectivity index (χ1n) is 8.11. The number of hydrogen-bond donors (Lipinski definition) is 0. The van der Waals surface area contributed by atoms with Crippen molar-refractivity contribution in [3.63, 3.8) is 0 Å². The molecule has 0 N–H and O–H groups in total. The average molecular weight is 339 g/mol. The van der Waals surface area contributed by atoms with Crippen molar-refractivity contribution in [3.8, 4) is 0 Å². The molecule has 1 unspecified atom stereocenters. The molecule has 0 bridgehead atoms. The number of nitrogens with zero attached hydrogens (tertiary/aromatic N) is 3. The highest BCUT2D eigenvalue weighted by atomic mass is 19.1. The molecular weight excluding hydrogens is 317 g/mol. The highest BCUT2D eigenvalue weighted by Crippen LogP contribution is 2.48. The quantitative estimate of drug-likeness (QED) is 0.771. The number of aromatic nitrogens is 2. The summed E-state index contributed by atoms with van der Waals surface area (Å²) in [6, 6.07) is 1.73. The minimum atomic E-state index is -2.24. The van der Waals surface area contributed by atoms with Crippen LogP contribution in [0.3, 0.4) is 0 Å². The van der Waals surface area contributed by atoms with Gasteiger partial charge in [0.05, 0.1) is 31.8 Å². The Morgan fingerprint density at radius 2 is 2.12 bits per heavy atom. The zero-order chi connectivity index (χ0) is 17.5. The number of likely N-dealkylation sites (tertiary alicyclic amines) is 1. The van der Waals surface area contributed by atoms with Crippen LogP contribution in [0.5, 0.6) is 0 Å². The lowest BCUT2D eigenvalue weighted by Crippen LogP contribution is -2.61. The molecule has 0 aliphatic carbocycles. The van der Waals surface area contributed by atoms with E-state index in [-0.39, 0.29) is 50.6 Å². The summed E-state index contributed by atoms with van der Waals surface area (Å²) in [6.45, 7) is 5.61. The van der Waals surface area contributed by atoms with Crippen molar-refractivity contribution in [2.75, 3.05) is 32.9 Å². The van der Waals surface area contributed by atoms with E-state index in [1.165, 1.54) is 4.90 Å². The summed E-state index contributed by atoms with van der Waals surface area (Å²) in [6.07, 6.45) is 1.71. The van der Waals surface area contributed by atoms with Crippen molar-refractivity contribution in [2.24, 2.45) is 5.41 Å². The number of halogens is 1. The van der Waals surface area contributed by atoms with Crippen LogP contribution in [0.15, 0.2) is 12.3 Å². The predicted molar refractivity (Wildman–Crippen MR) is 82.2 cm³/mol. The number of carbonyl (C=O) groups is 2. The standard InChI is InChI=1S/C16H22FN3O4/c1-4-24-14(22)16(17)8-19(7-15(16)9-23-10-15)13(21)12-5-6-20(18-12)11(2)3/h5-6,11H,4,7-10H2,1-3H3. The molecule has 1 amide bonds. The average Bonchev–Trinajstić information content (AvgIpc) is 3.09. The molecule has 7 nitrogen and oxygen atoms in total. The first kappa shape index (κ1) is 16.9. The number of rotatable bonds is 4. The summed E-state index contributed by atoms with van der Waals surface area (Å²) in [4.78, 5) is 26.2. The lowest BCUT2D eigenvalue weighted by molar-refractivity contribution is -0.196. The Labute approximate surface area is 139 Å². The molecule has 2 aliphatic rings. The molecule has 132 valence electrons. The Morgan fingerprint density at radius 1 is 1.42 bits per heavy atom. The SMILES string of the molecule is CCOC(=O)C1(F)CN(C(=O)c2ccn(C(C)C)n2)CC12COC2. The second-order valence-electron chi connectivity index (χ2n) is 6.73. The van der Waals surface area contributed by atoms with Gasteiger partial charge in [-0.25, -0.2) is 9.18 Å². The second-order valence-corrected chi connectivity index (χ2v) is 6.73. The summed E-state index contributed by atoms with van der Waals surface area (Å²) in [5.74, 6) is -1.30. The Hall–Kier alpha value is -1.96. The summed E-state index contributed by atoms with van der Waals surface area (Å²) in [5.41, 5.74) is -3.01. The summed E-state index contributed by atoms with van der Waals surface area (Å²) in [7, 11) is 0. The zero-order valence-electron chi connectivity index (χ0n) is 14.1. The van der Waals surface area contributed by atoms with Crippen molar-refractivity contribution < 1.29 is 23.5 Å². The molecule has 24 heavy (non-hydrogen) atoms. The van der Waals surface area contributed by atoms with Crippen molar-refractivity contribution in [1.82, 2.24) is 14.7 Å². The maximum Gasteiger partial charge on any atom is 0.346 e. The normalized spacial score (nSPS) is 25.1. The third-order valence-electron chi connectivity index (χ3n) is 4.74. The number of alkyl halides is 1. The molecule has 2 aliphatic heterocycles. The van der Waals surface area contributed by atoms with E-state index < -0.39 is 17.1 Å². The van der Waals surface area contributed by atoms with Gasteiger partial charge in [-0.05, 0) is 26.8 Å². The van der Waals surface area contributed by atoms with Crippen LogP contribution >= 0.6 is 0 Å². The molecule has 1 atom stereocenters. The lowest BCUT2D eigenvalue weighted by Gasteiger charge is -2.43. The smallest absolute Gasteiger partial charge is 0.346 e. The van der Waals surface area contributed by atoms with Crippen LogP contribution in [0.2, 0.25) is 0 Å². The van der Waals surface area contributed by atoms with Gasteiger partial charge in [0.15, 0.2) is 0 Å². The Bertz CT molecular complexity index is 656. The van der Waals surface area contributed by atoms with Crippen LogP contribution in [0.4, 0.5) is 4.39 Å². The molecule has 8 heteroatoms. The van der Waals surface area contributed by atoms with E-state index in [4.69, 9.17) is 9.47 Å². The molecule has 2 saturated heterocycles. The van der Waals surface area contributed by atoms with E-state index in [0.717, 1.165) is 0 Å². The minimum absolute atomic E-state index is 0.0914. The van der Waals surface area contributed by atoms with Gasteiger partial charge in [0.25, 0.3) is 5.91 Å². The molecule has 2 fully saturated rings. The van der Waals surface area contributed by atoms with Gasteiger partial charge in [0.1, 0.15) is 5.69 Å². The fraction of sp³-hybridized carbons (Fsp3) is 0.688. The van der Waals surface area contributed by atoms with Gasteiger partial charge in [-0.2, -0.15) is 5.10 Å². The summed E-state index contributed by atoms with van der Waals surface area (Å²) < 4.78 is 27.2. The topological polar surface area (TPSA) is 73.7 Å². The van der Waals surface area contributed by atoms with Crippen LogP contribution in [0.1, 0.15) is 37.3 Å². The monoisotopic (exact) mass is 339 g/mol. The van der Waals surface area contributed by atoms with Crippen LogP contribution in [-0.4, -0.2) is 65.1 Å². The first-order valence-corrected chi connectivity index (χ1v) is 8.11. The van der Waals surface area contributed by atoms with E-state index in [0.29, 0.717) is 0 Å². The Morgan fingerprint density at radius 3 is 2.62 bits per heavy atom. The summed E-state index contributed by atoms with van der Waals surface area (Å²) in [5, 5.41) is 4.23. The van der Waals surface area contributed by atoms with Gasteiger partial charge >= 0.3 is 5.97 Å². The molecule has 3 rings (SSSR count). The van der Waals surface area contributed by atoms with Crippen LogP contribution in [0, 0.1) is 5.41 Å². The molecule has 3 heterocycles. The summed E-state index contributed by atoms with van der Waals surface area (Å²) >= 11 is 0. The molecule has 1 spiro atoms. The van der Waals surface area contributed by atoms with Crippen molar-refractivity contribution in [3.05, 3.63) is 18.0 Å². The van der Waals surface area contributed by atoms with Crippen LogP contribution < -0.4 is 0 Å². The molecule has 0 radical (unpaired) electrons. The molecule has 0 aromatic carbocycles. The largest absolute Gasteiger partial charge is 0.464 e. The van der Waals surface area contributed by atoms with Gasteiger partial charge in [-0.15, -0.1) is 0 Å². The van der Waals surface area contributed by atoms with E-state index in [2.05, 4.69) is 5.10 Å². The van der Waals surface area contributed by atoms with Crippen LogP contribution in [0.25, 0.3) is 0 Å². The fourth-order valence-corrected chi connectivity index (χ4v) is 3.22. The van der Waals surface area contributed by atoms with Gasteiger partial charge < -0.3 is 14.4 Å². The van der Waals surface area contributed by atoms with E-state index in [1.807, 2.05) is 13.8 Å². The van der Waals surface area contributed by atoms with E-state index in [1.54, 1.807) is 23.9 Å². The number of amides is 1. The third kappa shape index (κ3) is 2.40. The predicted octanol–water partition coefficient (Wildman–Crippen LogP) is 1.21. The molecular formula is C16H22FN3O4. The van der Waals surface area contributed by atoms with Gasteiger partial charge in [0.2, 0.25) is 5.67 Å². The van der Waals surface area contributed by atoms with Crippen LogP contribution in [-0.2, 0) is 14.3 Å². The lowest BCUT2D eigenvalue weighted by atomic mass is 9.74. The van der Waals surface area contributed by atoms with Gasteiger partial charge in [-0.3, -0.25) is 9.48 Å². The van der Waals surface area contributed by atoms with Crippen molar-refractivity contribution >= 4 is 11.9 Å². The maximum atomic E-state index is 15.5. The maximum absolute atomic E-state index is 15.5. The van der Waals surface area contributed by atoms with Gasteiger partial charge in [-0.1, -0.05) is 0 Å². The number of esters is 1. The molecule has 1 aromatic rings. The van der Waals surface area contributed by atoms with E-state index in [9.17, 15) is 9.59 Å². The van der Waals surface area contributed by atoms with Crippen molar-refractivity contribution in [2.45, 2.75) is 32.5 Å².